The van der Waals surface area contributed by atoms with Crippen molar-refractivity contribution < 1.29 is 9.15 Å². The van der Waals surface area contributed by atoms with Crippen molar-refractivity contribution in [1.82, 2.24) is 4.98 Å². The van der Waals surface area contributed by atoms with Gasteiger partial charge in [0.05, 0.1) is 12.8 Å². The highest BCUT2D eigenvalue weighted by molar-refractivity contribution is 5.13. The first-order valence-electron chi connectivity index (χ1n) is 6.16. The van der Waals surface area contributed by atoms with E-state index in [4.69, 9.17) is 9.15 Å². The van der Waals surface area contributed by atoms with E-state index in [1.165, 1.54) is 12.8 Å². The largest absolute Gasteiger partial charge is 0.454 e. The standard InChI is InChI=1S/C13H23NO2/c1-5-7-9-13(3,8-6-2)11-10-16-12(14-11)15-4/h10H,5-9H2,1-4H3. The van der Waals surface area contributed by atoms with Crippen LogP contribution < -0.4 is 4.74 Å². The minimum absolute atomic E-state index is 0.130. The van der Waals surface area contributed by atoms with Gasteiger partial charge in [0.1, 0.15) is 6.26 Å². The molecular weight excluding hydrogens is 202 g/mol. The maximum absolute atomic E-state index is 5.25. The van der Waals surface area contributed by atoms with Crippen LogP contribution in [0.2, 0.25) is 0 Å². The number of aromatic nitrogens is 1. The normalized spacial score (nSPS) is 14.8. The van der Waals surface area contributed by atoms with Gasteiger partial charge in [0.25, 0.3) is 0 Å². The summed E-state index contributed by atoms with van der Waals surface area (Å²) in [5, 5.41) is 0. The Balaban J connectivity index is 2.82. The summed E-state index contributed by atoms with van der Waals surface area (Å²) in [6.07, 6.45) is 8.02. The van der Waals surface area contributed by atoms with Gasteiger partial charge in [-0.25, -0.2) is 0 Å². The second-order valence-electron chi connectivity index (χ2n) is 4.62. The van der Waals surface area contributed by atoms with E-state index in [0.29, 0.717) is 6.08 Å². The van der Waals surface area contributed by atoms with Crippen molar-refractivity contribution in [3.63, 3.8) is 0 Å². The number of methoxy groups -OCH3 is 1. The van der Waals surface area contributed by atoms with Crippen molar-refractivity contribution in [2.24, 2.45) is 0 Å². The molecule has 0 aliphatic heterocycles. The second-order valence-corrected chi connectivity index (χ2v) is 4.62. The highest BCUT2D eigenvalue weighted by Gasteiger charge is 2.28. The van der Waals surface area contributed by atoms with Gasteiger partial charge in [-0.15, -0.1) is 0 Å². The molecule has 0 saturated heterocycles. The van der Waals surface area contributed by atoms with Gasteiger partial charge < -0.3 is 9.15 Å². The summed E-state index contributed by atoms with van der Waals surface area (Å²) >= 11 is 0. The molecule has 1 heterocycles. The lowest BCUT2D eigenvalue weighted by molar-refractivity contribution is 0.290. The van der Waals surface area contributed by atoms with Crippen LogP contribution in [-0.2, 0) is 5.41 Å². The average Bonchev–Trinajstić information content (AvgIpc) is 2.76. The Morgan fingerprint density at radius 2 is 2.06 bits per heavy atom. The van der Waals surface area contributed by atoms with E-state index >= 15 is 0 Å². The Morgan fingerprint density at radius 3 is 2.56 bits per heavy atom. The summed E-state index contributed by atoms with van der Waals surface area (Å²) in [5.74, 6) is 0. The van der Waals surface area contributed by atoms with E-state index in [1.54, 1.807) is 13.4 Å². The van der Waals surface area contributed by atoms with Gasteiger partial charge in [-0.1, -0.05) is 40.0 Å². The molecule has 1 rings (SSSR count). The van der Waals surface area contributed by atoms with Crippen LogP contribution in [0.1, 0.15) is 58.6 Å². The van der Waals surface area contributed by atoms with Gasteiger partial charge >= 0.3 is 6.08 Å². The Hall–Kier alpha value is -0.990. The molecule has 0 N–H and O–H groups in total. The quantitative estimate of drug-likeness (QED) is 0.705. The molecule has 0 saturated carbocycles. The average molecular weight is 225 g/mol. The smallest absolute Gasteiger partial charge is 0.393 e. The first kappa shape index (κ1) is 13.1. The fourth-order valence-electron chi connectivity index (χ4n) is 2.13. The molecule has 0 radical (unpaired) electrons. The van der Waals surface area contributed by atoms with E-state index in [9.17, 15) is 0 Å². The SMILES string of the molecule is CCCCC(C)(CCC)c1coc(OC)n1. The number of unbranched alkanes of at least 4 members (excludes halogenated alkanes) is 1. The predicted molar refractivity (Wildman–Crippen MR) is 64.8 cm³/mol. The van der Waals surface area contributed by atoms with E-state index in [1.807, 2.05) is 0 Å². The highest BCUT2D eigenvalue weighted by Crippen LogP contribution is 2.34. The Labute approximate surface area is 98.2 Å². The molecule has 1 aromatic heterocycles. The molecule has 3 heteroatoms. The fraction of sp³-hybridized carbons (Fsp3) is 0.769. The summed E-state index contributed by atoms with van der Waals surface area (Å²) in [4.78, 5) is 4.38. The zero-order valence-electron chi connectivity index (χ0n) is 10.9. The molecule has 0 aliphatic carbocycles. The maximum atomic E-state index is 5.25. The molecule has 0 bridgehead atoms. The number of oxazole rings is 1. The maximum Gasteiger partial charge on any atom is 0.393 e. The third kappa shape index (κ3) is 3.00. The molecule has 3 nitrogen and oxygen atoms in total. The first-order chi connectivity index (χ1) is 7.66. The summed E-state index contributed by atoms with van der Waals surface area (Å²) in [6, 6.07) is 0. The minimum Gasteiger partial charge on any atom is -0.454 e. The van der Waals surface area contributed by atoms with E-state index in [-0.39, 0.29) is 5.41 Å². The van der Waals surface area contributed by atoms with Crippen LogP contribution >= 0.6 is 0 Å². The van der Waals surface area contributed by atoms with Crippen LogP contribution in [0.25, 0.3) is 0 Å². The molecular formula is C13H23NO2. The third-order valence-corrected chi connectivity index (χ3v) is 3.16. The summed E-state index contributed by atoms with van der Waals surface area (Å²) in [7, 11) is 1.58. The van der Waals surface area contributed by atoms with Crippen LogP contribution in [0.15, 0.2) is 10.7 Å². The molecule has 1 atom stereocenters. The van der Waals surface area contributed by atoms with Crippen molar-refractivity contribution in [2.75, 3.05) is 7.11 Å². The van der Waals surface area contributed by atoms with Crippen molar-refractivity contribution in [1.29, 1.82) is 0 Å². The zero-order valence-corrected chi connectivity index (χ0v) is 10.9. The highest BCUT2D eigenvalue weighted by atomic mass is 16.6. The monoisotopic (exact) mass is 225 g/mol. The van der Waals surface area contributed by atoms with Crippen LogP contribution in [-0.4, -0.2) is 12.1 Å². The molecule has 1 aromatic rings. The van der Waals surface area contributed by atoms with Gasteiger partial charge in [-0.3, -0.25) is 0 Å². The number of hydrogen-bond acceptors (Lipinski definition) is 3. The first-order valence-corrected chi connectivity index (χ1v) is 6.16. The van der Waals surface area contributed by atoms with E-state index < -0.39 is 0 Å². The number of hydrogen-bond donors (Lipinski definition) is 0. The summed E-state index contributed by atoms with van der Waals surface area (Å²) < 4.78 is 10.2. The van der Waals surface area contributed by atoms with Gasteiger partial charge in [0, 0.05) is 5.41 Å². The Morgan fingerprint density at radius 1 is 1.31 bits per heavy atom. The molecule has 0 aromatic carbocycles. The molecule has 92 valence electrons. The molecule has 0 spiro atoms. The summed E-state index contributed by atoms with van der Waals surface area (Å²) in [6.45, 7) is 6.70. The van der Waals surface area contributed by atoms with Crippen molar-refractivity contribution in [3.05, 3.63) is 12.0 Å². The van der Waals surface area contributed by atoms with E-state index in [0.717, 1.165) is 25.0 Å². The Bertz CT molecular complexity index is 309. The molecule has 1 unspecified atom stereocenters. The van der Waals surface area contributed by atoms with E-state index in [2.05, 4.69) is 25.8 Å². The van der Waals surface area contributed by atoms with Crippen LogP contribution in [0, 0.1) is 0 Å². The lowest BCUT2D eigenvalue weighted by Gasteiger charge is -2.26. The zero-order chi connectivity index (χ0) is 12.0. The van der Waals surface area contributed by atoms with Gasteiger partial charge in [-0.2, -0.15) is 4.98 Å². The van der Waals surface area contributed by atoms with Gasteiger partial charge in [-0.05, 0) is 12.8 Å². The second kappa shape index (κ2) is 5.92. The van der Waals surface area contributed by atoms with Gasteiger partial charge in [0.15, 0.2) is 0 Å². The van der Waals surface area contributed by atoms with Gasteiger partial charge in [0.2, 0.25) is 0 Å². The molecule has 0 amide bonds. The lowest BCUT2D eigenvalue weighted by atomic mass is 9.78. The topological polar surface area (TPSA) is 35.3 Å². The number of ether oxygens (including phenoxy) is 1. The summed E-state index contributed by atoms with van der Waals surface area (Å²) in [5.41, 5.74) is 1.16. The molecule has 0 fully saturated rings. The fourth-order valence-corrected chi connectivity index (χ4v) is 2.13. The molecule has 0 aliphatic rings. The number of rotatable bonds is 7. The van der Waals surface area contributed by atoms with Crippen LogP contribution in [0.4, 0.5) is 0 Å². The number of nitrogens with zero attached hydrogens (tertiary/aromatic N) is 1. The molecule has 16 heavy (non-hydrogen) atoms. The van der Waals surface area contributed by atoms with Crippen molar-refractivity contribution in [2.45, 2.75) is 58.3 Å². The van der Waals surface area contributed by atoms with Crippen molar-refractivity contribution in [3.8, 4) is 6.08 Å². The van der Waals surface area contributed by atoms with Crippen LogP contribution in [0.3, 0.4) is 0 Å². The minimum atomic E-state index is 0.130. The third-order valence-electron chi connectivity index (χ3n) is 3.16. The van der Waals surface area contributed by atoms with Crippen molar-refractivity contribution >= 4 is 0 Å². The Kier molecular flexibility index (Phi) is 4.84. The van der Waals surface area contributed by atoms with Crippen LogP contribution in [0.5, 0.6) is 6.08 Å². The predicted octanol–water partition coefficient (Wildman–Crippen LogP) is 3.93. The lowest BCUT2D eigenvalue weighted by Crippen LogP contribution is -2.22.